The maximum Gasteiger partial charge on any atom is 0.407 e. The van der Waals surface area contributed by atoms with Gasteiger partial charge >= 0.3 is 6.09 Å². The minimum Gasteiger partial charge on any atom is -0.497 e. The van der Waals surface area contributed by atoms with Gasteiger partial charge in [-0.2, -0.15) is 0 Å². The van der Waals surface area contributed by atoms with Crippen LogP contribution in [0.3, 0.4) is 0 Å². The van der Waals surface area contributed by atoms with Crippen LogP contribution in [0.4, 0.5) is 4.79 Å². The molecule has 26 heavy (non-hydrogen) atoms. The molecule has 0 heterocycles. The number of carbonyl (C=O) groups is 2. The van der Waals surface area contributed by atoms with E-state index in [9.17, 15) is 9.59 Å². The fourth-order valence-corrected chi connectivity index (χ4v) is 2.73. The van der Waals surface area contributed by atoms with Gasteiger partial charge in [-0.1, -0.05) is 56.3 Å². The van der Waals surface area contributed by atoms with Gasteiger partial charge in [0.25, 0.3) is 0 Å². The lowest BCUT2D eigenvalue weighted by molar-refractivity contribution is -0.113. The predicted octanol–water partition coefficient (Wildman–Crippen LogP) is 4.13. The molecule has 2 aromatic carbocycles. The third-order valence-corrected chi connectivity index (χ3v) is 4.27. The number of hydrogen-bond donors (Lipinski definition) is 1. The lowest BCUT2D eigenvalue weighted by Crippen LogP contribution is -2.36. The van der Waals surface area contributed by atoms with Crippen molar-refractivity contribution in [2.45, 2.75) is 26.5 Å². The van der Waals surface area contributed by atoms with E-state index < -0.39 is 12.1 Å². The van der Waals surface area contributed by atoms with Gasteiger partial charge in [0.15, 0.2) is 0 Å². The molecule has 5 heteroatoms. The molecule has 0 radical (unpaired) electrons. The summed E-state index contributed by atoms with van der Waals surface area (Å²) in [6.45, 7) is 4.08. The van der Waals surface area contributed by atoms with Gasteiger partial charge in [0, 0.05) is 5.92 Å². The van der Waals surface area contributed by atoms with Crippen LogP contribution in [0.2, 0.25) is 0 Å². The number of alkyl carbamates (subject to hydrolysis) is 1. The van der Waals surface area contributed by atoms with E-state index in [4.69, 9.17) is 9.47 Å². The third-order valence-electron chi connectivity index (χ3n) is 4.27. The molecule has 0 aliphatic carbocycles. The highest BCUT2D eigenvalue weighted by Crippen LogP contribution is 2.28. The first-order valence-electron chi connectivity index (χ1n) is 8.61. The van der Waals surface area contributed by atoms with Crippen LogP contribution >= 0.6 is 0 Å². The Hall–Kier alpha value is -2.82. The average molecular weight is 355 g/mol. The lowest BCUT2D eigenvalue weighted by atomic mass is 9.85. The van der Waals surface area contributed by atoms with Gasteiger partial charge in [0.2, 0.25) is 0 Å². The highest BCUT2D eigenvalue weighted by atomic mass is 16.5. The predicted molar refractivity (Wildman–Crippen MR) is 99.9 cm³/mol. The standard InChI is InChI=1S/C21H25NO4/c1-15(2)19(13-23)20(17-9-11-18(25-3)12-10-17)22-21(24)26-14-16-7-5-4-6-8-16/h4-13,15,19-20H,14H2,1-3H3,(H,22,24)/t19-,20+/m0/s1. The average Bonchev–Trinajstić information content (AvgIpc) is 2.67. The first-order chi connectivity index (χ1) is 12.5. The largest absolute Gasteiger partial charge is 0.497 e. The zero-order chi connectivity index (χ0) is 18.9. The molecular weight excluding hydrogens is 330 g/mol. The van der Waals surface area contributed by atoms with E-state index in [1.807, 2.05) is 68.4 Å². The van der Waals surface area contributed by atoms with Crippen molar-refractivity contribution in [3.63, 3.8) is 0 Å². The van der Waals surface area contributed by atoms with Crippen LogP contribution < -0.4 is 10.1 Å². The molecule has 5 nitrogen and oxygen atoms in total. The van der Waals surface area contributed by atoms with E-state index in [1.54, 1.807) is 7.11 Å². The zero-order valence-corrected chi connectivity index (χ0v) is 15.3. The van der Waals surface area contributed by atoms with Crippen LogP contribution in [-0.2, 0) is 16.1 Å². The van der Waals surface area contributed by atoms with Crippen LogP contribution in [0.1, 0.15) is 31.0 Å². The molecule has 0 aromatic heterocycles. The maximum atomic E-state index is 12.3. The summed E-state index contributed by atoms with van der Waals surface area (Å²) < 4.78 is 10.5. The number of hydrogen-bond acceptors (Lipinski definition) is 4. The summed E-state index contributed by atoms with van der Waals surface area (Å²) in [5, 5.41) is 2.84. The minimum atomic E-state index is -0.554. The Morgan fingerprint density at radius 2 is 1.73 bits per heavy atom. The summed E-state index contributed by atoms with van der Waals surface area (Å²) >= 11 is 0. The zero-order valence-electron chi connectivity index (χ0n) is 15.3. The Labute approximate surface area is 154 Å². The van der Waals surface area contributed by atoms with Crippen molar-refractivity contribution in [3.05, 3.63) is 65.7 Å². The van der Waals surface area contributed by atoms with Crippen LogP contribution in [0.5, 0.6) is 5.75 Å². The topological polar surface area (TPSA) is 64.6 Å². The number of benzene rings is 2. The summed E-state index contributed by atoms with van der Waals surface area (Å²) in [5.41, 5.74) is 1.73. The molecule has 2 aromatic rings. The molecule has 2 atom stereocenters. The first-order valence-corrected chi connectivity index (χ1v) is 8.61. The molecule has 0 aliphatic rings. The highest BCUT2D eigenvalue weighted by Gasteiger charge is 2.28. The van der Waals surface area contributed by atoms with Crippen molar-refractivity contribution >= 4 is 12.4 Å². The van der Waals surface area contributed by atoms with Crippen molar-refractivity contribution in [2.24, 2.45) is 11.8 Å². The highest BCUT2D eigenvalue weighted by molar-refractivity contribution is 5.69. The molecule has 0 spiro atoms. The molecule has 1 amide bonds. The van der Waals surface area contributed by atoms with E-state index in [2.05, 4.69) is 5.32 Å². The van der Waals surface area contributed by atoms with E-state index >= 15 is 0 Å². The van der Waals surface area contributed by atoms with Crippen molar-refractivity contribution in [1.29, 1.82) is 0 Å². The van der Waals surface area contributed by atoms with Crippen LogP contribution in [0.15, 0.2) is 54.6 Å². The second-order valence-corrected chi connectivity index (χ2v) is 6.41. The second-order valence-electron chi connectivity index (χ2n) is 6.41. The number of carbonyl (C=O) groups excluding carboxylic acids is 2. The van der Waals surface area contributed by atoms with Crippen LogP contribution in [0, 0.1) is 11.8 Å². The molecule has 0 aliphatic heterocycles. The van der Waals surface area contributed by atoms with Crippen molar-refractivity contribution in [1.82, 2.24) is 5.32 Å². The normalized spacial score (nSPS) is 12.9. The van der Waals surface area contributed by atoms with Crippen molar-refractivity contribution < 1.29 is 19.1 Å². The van der Waals surface area contributed by atoms with Gasteiger partial charge in [-0.15, -0.1) is 0 Å². The molecule has 0 unspecified atom stereocenters. The summed E-state index contributed by atoms with van der Waals surface area (Å²) in [6, 6.07) is 16.3. The van der Waals surface area contributed by atoms with Gasteiger partial charge < -0.3 is 19.6 Å². The van der Waals surface area contributed by atoms with Crippen molar-refractivity contribution in [2.75, 3.05) is 7.11 Å². The quantitative estimate of drug-likeness (QED) is 0.723. The Morgan fingerprint density at radius 3 is 2.27 bits per heavy atom. The summed E-state index contributed by atoms with van der Waals surface area (Å²) in [5.74, 6) is 0.410. The number of methoxy groups -OCH3 is 1. The number of amides is 1. The maximum absolute atomic E-state index is 12.3. The molecule has 0 saturated heterocycles. The van der Waals surface area contributed by atoms with Gasteiger partial charge in [-0.05, 0) is 29.2 Å². The Balaban J connectivity index is 2.12. The van der Waals surface area contributed by atoms with E-state index in [1.165, 1.54) is 0 Å². The molecule has 138 valence electrons. The van der Waals surface area contributed by atoms with Gasteiger partial charge in [0.05, 0.1) is 13.2 Å². The Bertz CT molecular complexity index is 698. The second kappa shape index (κ2) is 9.61. The van der Waals surface area contributed by atoms with E-state index in [0.29, 0.717) is 5.75 Å². The fraction of sp³-hybridized carbons (Fsp3) is 0.333. The van der Waals surface area contributed by atoms with Gasteiger partial charge in [-0.3, -0.25) is 0 Å². The third kappa shape index (κ3) is 5.34. The number of aldehydes is 1. The summed E-state index contributed by atoms with van der Waals surface area (Å²) in [6.07, 6.45) is 0.332. The number of ether oxygens (including phenoxy) is 2. The SMILES string of the molecule is COc1ccc([C@@H](NC(=O)OCc2ccccc2)[C@@H](C=O)C(C)C)cc1. The lowest BCUT2D eigenvalue weighted by Gasteiger charge is -2.27. The first kappa shape index (κ1) is 19.5. The molecule has 1 N–H and O–H groups in total. The number of rotatable bonds is 8. The minimum absolute atomic E-state index is 0.0639. The van der Waals surface area contributed by atoms with E-state index in [0.717, 1.165) is 17.4 Å². The Morgan fingerprint density at radius 1 is 1.08 bits per heavy atom. The fourth-order valence-electron chi connectivity index (χ4n) is 2.73. The molecule has 0 saturated carbocycles. The molecule has 2 rings (SSSR count). The smallest absolute Gasteiger partial charge is 0.407 e. The molecule has 0 bridgehead atoms. The summed E-state index contributed by atoms with van der Waals surface area (Å²) in [4.78, 5) is 23.9. The van der Waals surface area contributed by atoms with Crippen LogP contribution in [-0.4, -0.2) is 19.5 Å². The molecular formula is C21H25NO4. The summed E-state index contributed by atoms with van der Waals surface area (Å²) in [7, 11) is 1.59. The Kier molecular flexibility index (Phi) is 7.21. The van der Waals surface area contributed by atoms with Gasteiger partial charge in [0.1, 0.15) is 18.6 Å². The number of nitrogens with one attached hydrogen (secondary N) is 1. The van der Waals surface area contributed by atoms with Gasteiger partial charge in [-0.25, -0.2) is 4.79 Å². The molecule has 0 fully saturated rings. The van der Waals surface area contributed by atoms with Crippen molar-refractivity contribution in [3.8, 4) is 5.75 Å². The monoisotopic (exact) mass is 355 g/mol. The van der Waals surface area contributed by atoms with E-state index in [-0.39, 0.29) is 18.4 Å². The van der Waals surface area contributed by atoms with Crippen LogP contribution in [0.25, 0.3) is 0 Å².